The van der Waals surface area contributed by atoms with E-state index in [1.807, 2.05) is 24.1 Å². The zero-order chi connectivity index (χ0) is 17.6. The molecule has 1 aromatic rings. The summed E-state index contributed by atoms with van der Waals surface area (Å²) in [7, 11) is 1.98. The molecule has 0 bridgehead atoms. The number of hydrogen-bond acceptors (Lipinski definition) is 2. The Morgan fingerprint density at radius 3 is 2.60 bits per heavy atom. The molecule has 1 aromatic carbocycles. The lowest BCUT2D eigenvalue weighted by molar-refractivity contribution is -0.134. The van der Waals surface area contributed by atoms with Gasteiger partial charge in [-0.2, -0.15) is 0 Å². The third-order valence-corrected chi connectivity index (χ3v) is 5.85. The highest BCUT2D eigenvalue weighted by molar-refractivity contribution is 5.78. The fourth-order valence-electron chi connectivity index (χ4n) is 4.40. The molecule has 3 rings (SSSR count). The van der Waals surface area contributed by atoms with E-state index < -0.39 is 0 Å². The van der Waals surface area contributed by atoms with Gasteiger partial charge in [-0.3, -0.25) is 4.79 Å². The Hall–Kier alpha value is -1.42. The van der Waals surface area contributed by atoms with E-state index in [9.17, 15) is 9.18 Å². The molecule has 0 N–H and O–H groups in total. The van der Waals surface area contributed by atoms with Crippen molar-refractivity contribution >= 4 is 5.91 Å². The molecule has 1 atom stereocenters. The summed E-state index contributed by atoms with van der Waals surface area (Å²) < 4.78 is 13.0. The maximum Gasteiger partial charge on any atom is 0.225 e. The number of hydrogen-bond donors (Lipinski definition) is 0. The Bertz CT molecular complexity index is 554. The van der Waals surface area contributed by atoms with Crippen LogP contribution >= 0.6 is 0 Å². The highest BCUT2D eigenvalue weighted by atomic mass is 19.1. The van der Waals surface area contributed by atoms with Gasteiger partial charge >= 0.3 is 0 Å². The molecule has 0 radical (unpaired) electrons. The van der Waals surface area contributed by atoms with Crippen LogP contribution in [-0.2, 0) is 11.2 Å². The number of carbonyl (C=O) groups excluding carboxylic acids is 1. The van der Waals surface area contributed by atoms with Crippen LogP contribution in [0.25, 0.3) is 0 Å². The first-order chi connectivity index (χ1) is 12.1. The monoisotopic (exact) mass is 346 g/mol. The summed E-state index contributed by atoms with van der Waals surface area (Å²) in [4.78, 5) is 17.0. The van der Waals surface area contributed by atoms with Crippen molar-refractivity contribution in [3.63, 3.8) is 0 Å². The summed E-state index contributed by atoms with van der Waals surface area (Å²) in [6, 6.07) is 6.84. The van der Waals surface area contributed by atoms with Crippen molar-refractivity contribution in [3.8, 4) is 0 Å². The summed E-state index contributed by atoms with van der Waals surface area (Å²) in [5.74, 6) is 1.05. The maximum absolute atomic E-state index is 13.0. The Morgan fingerprint density at radius 2 is 1.88 bits per heavy atom. The zero-order valence-corrected chi connectivity index (χ0v) is 15.4. The topological polar surface area (TPSA) is 23.6 Å². The summed E-state index contributed by atoms with van der Waals surface area (Å²) in [5, 5.41) is 0. The minimum atomic E-state index is -0.170. The second kappa shape index (κ2) is 8.79. The third kappa shape index (κ3) is 5.27. The average molecular weight is 346 g/mol. The number of piperidine rings is 1. The fraction of sp³-hybridized carbons (Fsp3) is 0.667. The van der Waals surface area contributed by atoms with Crippen LogP contribution in [0.1, 0.15) is 44.1 Å². The second-order valence-electron chi connectivity index (χ2n) is 7.89. The first-order valence-electron chi connectivity index (χ1n) is 9.83. The smallest absolute Gasteiger partial charge is 0.225 e. The van der Waals surface area contributed by atoms with Crippen LogP contribution in [0.3, 0.4) is 0 Å². The van der Waals surface area contributed by atoms with E-state index in [0.717, 1.165) is 45.4 Å². The minimum Gasteiger partial charge on any atom is -0.345 e. The lowest BCUT2D eigenvalue weighted by Crippen LogP contribution is -2.43. The van der Waals surface area contributed by atoms with E-state index in [1.165, 1.54) is 43.4 Å². The predicted octanol–water partition coefficient (Wildman–Crippen LogP) is 3.73. The van der Waals surface area contributed by atoms with E-state index in [1.54, 1.807) is 0 Å². The van der Waals surface area contributed by atoms with Crippen molar-refractivity contribution in [1.29, 1.82) is 0 Å². The molecule has 1 amide bonds. The molecule has 138 valence electrons. The molecular weight excluding hydrogens is 315 g/mol. The van der Waals surface area contributed by atoms with Crippen molar-refractivity contribution in [3.05, 3.63) is 35.6 Å². The van der Waals surface area contributed by atoms with Gasteiger partial charge in [0.2, 0.25) is 5.91 Å². The minimum absolute atomic E-state index is 0.170. The summed E-state index contributed by atoms with van der Waals surface area (Å²) >= 11 is 0. The number of likely N-dealkylation sites (tertiary alicyclic amines) is 1. The van der Waals surface area contributed by atoms with Gasteiger partial charge in [0.25, 0.3) is 0 Å². The van der Waals surface area contributed by atoms with E-state index >= 15 is 0 Å². The molecular formula is C21H31FN2O. The highest BCUT2D eigenvalue weighted by Gasteiger charge is 2.28. The van der Waals surface area contributed by atoms with Crippen LogP contribution in [0.15, 0.2) is 24.3 Å². The summed E-state index contributed by atoms with van der Waals surface area (Å²) in [6.45, 7) is 4.12. The van der Waals surface area contributed by atoms with Crippen molar-refractivity contribution < 1.29 is 9.18 Å². The molecule has 3 nitrogen and oxygen atoms in total. The van der Waals surface area contributed by atoms with Gasteiger partial charge in [0.05, 0.1) is 0 Å². The molecule has 0 aromatic heterocycles. The van der Waals surface area contributed by atoms with Gasteiger partial charge in [0, 0.05) is 32.6 Å². The van der Waals surface area contributed by atoms with Gasteiger partial charge < -0.3 is 9.80 Å². The first-order valence-corrected chi connectivity index (χ1v) is 9.83. The quantitative estimate of drug-likeness (QED) is 0.784. The maximum atomic E-state index is 13.0. The van der Waals surface area contributed by atoms with E-state index in [-0.39, 0.29) is 11.7 Å². The van der Waals surface area contributed by atoms with E-state index in [2.05, 4.69) is 4.90 Å². The van der Waals surface area contributed by atoms with Crippen LogP contribution in [0, 0.1) is 17.7 Å². The molecule has 1 saturated carbocycles. The van der Waals surface area contributed by atoms with E-state index in [4.69, 9.17) is 0 Å². The van der Waals surface area contributed by atoms with Crippen LogP contribution in [0.5, 0.6) is 0 Å². The highest BCUT2D eigenvalue weighted by Crippen LogP contribution is 2.27. The third-order valence-electron chi connectivity index (χ3n) is 5.85. The molecule has 4 heteroatoms. The Balaban J connectivity index is 1.44. The number of carbonyl (C=O) groups is 1. The number of halogens is 1. The van der Waals surface area contributed by atoms with Gasteiger partial charge in [-0.05, 0) is 62.3 Å². The SMILES string of the molecule is CN(C[C@H]1CCCN(CCc2ccc(F)cc2)C1)C(=O)C1CCCC1. The van der Waals surface area contributed by atoms with Gasteiger partial charge in [-0.25, -0.2) is 4.39 Å². The van der Waals surface area contributed by atoms with Crippen LogP contribution < -0.4 is 0 Å². The average Bonchev–Trinajstić information content (AvgIpc) is 3.15. The normalized spacial score (nSPS) is 22.2. The molecule has 0 spiro atoms. The van der Waals surface area contributed by atoms with Crippen LogP contribution in [-0.4, -0.2) is 48.9 Å². The second-order valence-corrected chi connectivity index (χ2v) is 7.89. The standard InChI is InChI=1S/C21H31FN2O/c1-23(21(25)19-6-2-3-7-19)15-18-5-4-13-24(16-18)14-12-17-8-10-20(22)11-9-17/h8-11,18-19H,2-7,12-16H2,1H3/t18-/m1/s1. The Kier molecular flexibility index (Phi) is 6.46. The van der Waals surface area contributed by atoms with Crippen LogP contribution in [0.2, 0.25) is 0 Å². The summed E-state index contributed by atoms with van der Waals surface area (Å²) in [6.07, 6.45) is 7.98. The fourth-order valence-corrected chi connectivity index (χ4v) is 4.40. The molecule has 2 fully saturated rings. The first kappa shape index (κ1) is 18.4. The number of nitrogens with zero attached hydrogens (tertiary/aromatic N) is 2. The molecule has 0 unspecified atom stereocenters. The Morgan fingerprint density at radius 1 is 1.16 bits per heavy atom. The van der Waals surface area contributed by atoms with Crippen molar-refractivity contribution in [1.82, 2.24) is 9.80 Å². The number of rotatable bonds is 6. The summed E-state index contributed by atoms with van der Waals surface area (Å²) in [5.41, 5.74) is 1.19. The Labute approximate surface area is 151 Å². The van der Waals surface area contributed by atoms with Crippen molar-refractivity contribution in [2.24, 2.45) is 11.8 Å². The van der Waals surface area contributed by atoms with Gasteiger partial charge in [0.1, 0.15) is 5.82 Å². The van der Waals surface area contributed by atoms with E-state index in [0.29, 0.717) is 11.8 Å². The lowest BCUT2D eigenvalue weighted by Gasteiger charge is -2.35. The van der Waals surface area contributed by atoms with Crippen LogP contribution in [0.4, 0.5) is 4.39 Å². The molecule has 1 aliphatic heterocycles. The molecule has 25 heavy (non-hydrogen) atoms. The van der Waals surface area contributed by atoms with Gasteiger partial charge in [-0.15, -0.1) is 0 Å². The number of amides is 1. The number of benzene rings is 1. The molecule has 2 aliphatic rings. The van der Waals surface area contributed by atoms with Gasteiger partial charge in [-0.1, -0.05) is 25.0 Å². The zero-order valence-electron chi connectivity index (χ0n) is 15.4. The largest absolute Gasteiger partial charge is 0.345 e. The van der Waals surface area contributed by atoms with Crippen molar-refractivity contribution in [2.75, 3.05) is 33.2 Å². The predicted molar refractivity (Wildman–Crippen MR) is 98.9 cm³/mol. The molecule has 1 heterocycles. The molecule has 1 saturated heterocycles. The molecule has 1 aliphatic carbocycles. The van der Waals surface area contributed by atoms with Gasteiger partial charge in [0.15, 0.2) is 0 Å². The van der Waals surface area contributed by atoms with Crippen molar-refractivity contribution in [2.45, 2.75) is 44.9 Å². The lowest BCUT2D eigenvalue weighted by atomic mass is 9.96.